The fraction of sp³-hybridized carbons (Fsp3) is 0.556. The van der Waals surface area contributed by atoms with Gasteiger partial charge in [0.2, 0.25) is 0 Å². The van der Waals surface area contributed by atoms with Crippen molar-refractivity contribution in [3.63, 3.8) is 0 Å². The fourth-order valence-electron chi connectivity index (χ4n) is 5.27. The second-order valence-electron chi connectivity index (χ2n) is 9.71. The summed E-state index contributed by atoms with van der Waals surface area (Å²) in [6.45, 7) is 14.0. The molecule has 0 spiro atoms. The van der Waals surface area contributed by atoms with Crippen molar-refractivity contribution in [2.75, 3.05) is 32.8 Å². The number of benzene rings is 2. The van der Waals surface area contributed by atoms with Crippen LogP contribution in [0.1, 0.15) is 48.4 Å². The van der Waals surface area contributed by atoms with Crippen LogP contribution in [0.5, 0.6) is 0 Å². The van der Waals surface area contributed by atoms with Crippen LogP contribution in [0.2, 0.25) is 0 Å². The highest BCUT2D eigenvalue weighted by Gasteiger charge is 2.21. The molecule has 2 aliphatic heterocycles. The van der Waals surface area contributed by atoms with Gasteiger partial charge >= 0.3 is 0 Å². The summed E-state index contributed by atoms with van der Waals surface area (Å²) in [5.74, 6) is 1.33. The molecule has 3 heteroatoms. The largest absolute Gasteiger partial charge is 0.396 e. The number of hydrogen-bond acceptors (Lipinski definition) is 3. The highest BCUT2D eigenvalue weighted by molar-refractivity contribution is 5.72. The molecule has 2 aliphatic rings. The maximum absolute atomic E-state index is 9.40. The first kappa shape index (κ1) is 21.5. The van der Waals surface area contributed by atoms with Crippen molar-refractivity contribution in [3.8, 4) is 11.1 Å². The molecule has 3 nitrogen and oxygen atoms in total. The lowest BCUT2D eigenvalue weighted by Gasteiger charge is -2.31. The van der Waals surface area contributed by atoms with Gasteiger partial charge in [-0.05, 0) is 98.0 Å². The summed E-state index contributed by atoms with van der Waals surface area (Å²) in [6, 6.07) is 13.7. The van der Waals surface area contributed by atoms with Gasteiger partial charge in [0.15, 0.2) is 0 Å². The Hall–Kier alpha value is -1.68. The second-order valence-corrected chi connectivity index (χ2v) is 9.71. The van der Waals surface area contributed by atoms with Crippen LogP contribution in [0.15, 0.2) is 36.4 Å². The molecule has 0 radical (unpaired) electrons. The first-order valence-corrected chi connectivity index (χ1v) is 11.8. The zero-order chi connectivity index (χ0) is 21.1. The minimum atomic E-state index is 0.342. The summed E-state index contributed by atoms with van der Waals surface area (Å²) in [7, 11) is 0. The van der Waals surface area contributed by atoms with E-state index in [1.54, 1.807) is 0 Å². The summed E-state index contributed by atoms with van der Waals surface area (Å²) in [6.07, 6.45) is 3.56. The second kappa shape index (κ2) is 9.64. The first-order valence-electron chi connectivity index (χ1n) is 11.8. The first-order chi connectivity index (χ1) is 14.5. The minimum absolute atomic E-state index is 0.342. The Morgan fingerprint density at radius 3 is 1.83 bits per heavy atom. The van der Waals surface area contributed by atoms with Crippen LogP contribution in [-0.2, 0) is 13.1 Å². The monoisotopic (exact) mass is 406 g/mol. The van der Waals surface area contributed by atoms with E-state index in [4.69, 9.17) is 0 Å². The lowest BCUT2D eigenvalue weighted by molar-refractivity contribution is 0.127. The summed E-state index contributed by atoms with van der Waals surface area (Å²) in [5, 5.41) is 9.40. The molecule has 30 heavy (non-hydrogen) atoms. The molecule has 1 N–H and O–H groups in total. The van der Waals surface area contributed by atoms with Gasteiger partial charge in [0.1, 0.15) is 0 Å². The molecule has 0 aromatic heterocycles. The fourth-order valence-corrected chi connectivity index (χ4v) is 5.27. The smallest absolute Gasteiger partial charge is 0.0460 e. The van der Waals surface area contributed by atoms with Crippen LogP contribution in [0.4, 0.5) is 0 Å². The highest BCUT2D eigenvalue weighted by Crippen LogP contribution is 2.32. The molecule has 2 aromatic rings. The van der Waals surface area contributed by atoms with Gasteiger partial charge in [-0.3, -0.25) is 9.80 Å². The Morgan fingerprint density at radius 1 is 0.800 bits per heavy atom. The molecule has 1 unspecified atom stereocenters. The molecule has 2 heterocycles. The van der Waals surface area contributed by atoms with E-state index in [0.717, 1.165) is 44.9 Å². The minimum Gasteiger partial charge on any atom is -0.396 e. The normalized spacial score (nSPS) is 21.4. The van der Waals surface area contributed by atoms with Crippen molar-refractivity contribution >= 4 is 0 Å². The third-order valence-electron chi connectivity index (χ3n) is 7.44. The van der Waals surface area contributed by atoms with Gasteiger partial charge < -0.3 is 5.11 Å². The van der Waals surface area contributed by atoms with Gasteiger partial charge in [-0.2, -0.15) is 0 Å². The van der Waals surface area contributed by atoms with Crippen molar-refractivity contribution in [1.29, 1.82) is 0 Å². The van der Waals surface area contributed by atoms with E-state index in [-0.39, 0.29) is 0 Å². The van der Waals surface area contributed by atoms with Crippen molar-refractivity contribution < 1.29 is 5.11 Å². The van der Waals surface area contributed by atoms with Crippen molar-refractivity contribution in [3.05, 3.63) is 58.7 Å². The number of nitrogens with zero attached hydrogens (tertiary/aromatic N) is 2. The molecule has 4 rings (SSSR count). The van der Waals surface area contributed by atoms with Crippen molar-refractivity contribution in [1.82, 2.24) is 9.80 Å². The maximum atomic E-state index is 9.40. The molecule has 2 saturated heterocycles. The van der Waals surface area contributed by atoms with E-state index < -0.39 is 0 Å². The SMILES string of the molecule is Cc1c(CN2CCC(CO)CC2)cccc1-c1cccc(CN2CCC(C)C2)c1C. The molecule has 0 amide bonds. The van der Waals surface area contributed by atoms with Gasteiger partial charge in [-0.1, -0.05) is 43.3 Å². The van der Waals surface area contributed by atoms with E-state index in [2.05, 4.69) is 67.0 Å². The lowest BCUT2D eigenvalue weighted by atomic mass is 9.90. The van der Waals surface area contributed by atoms with E-state index in [0.29, 0.717) is 12.5 Å². The number of aliphatic hydroxyl groups excluding tert-OH is 1. The summed E-state index contributed by atoms with van der Waals surface area (Å²) < 4.78 is 0. The summed E-state index contributed by atoms with van der Waals surface area (Å²) in [5.41, 5.74) is 8.52. The van der Waals surface area contributed by atoms with Gasteiger partial charge in [-0.25, -0.2) is 0 Å². The number of likely N-dealkylation sites (tertiary alicyclic amines) is 2. The maximum Gasteiger partial charge on any atom is 0.0460 e. The molecule has 2 aromatic carbocycles. The molecule has 0 aliphatic carbocycles. The number of hydrogen-bond donors (Lipinski definition) is 1. The predicted molar refractivity (Wildman–Crippen MR) is 125 cm³/mol. The van der Waals surface area contributed by atoms with E-state index in [1.807, 2.05) is 0 Å². The van der Waals surface area contributed by atoms with Crippen LogP contribution in [-0.4, -0.2) is 47.7 Å². The number of aliphatic hydroxyl groups is 1. The van der Waals surface area contributed by atoms with Gasteiger partial charge in [0.05, 0.1) is 0 Å². The molecule has 0 saturated carbocycles. The average Bonchev–Trinajstić information content (AvgIpc) is 3.17. The predicted octanol–water partition coefficient (Wildman–Crippen LogP) is 5.02. The van der Waals surface area contributed by atoms with Crippen LogP contribution < -0.4 is 0 Å². The quantitative estimate of drug-likeness (QED) is 0.730. The highest BCUT2D eigenvalue weighted by atomic mass is 16.3. The van der Waals surface area contributed by atoms with Gasteiger partial charge in [0.25, 0.3) is 0 Å². The Labute approximate surface area is 182 Å². The van der Waals surface area contributed by atoms with E-state index in [1.165, 1.54) is 52.9 Å². The molecule has 162 valence electrons. The van der Waals surface area contributed by atoms with E-state index in [9.17, 15) is 5.11 Å². The third kappa shape index (κ3) is 4.80. The Morgan fingerprint density at radius 2 is 1.33 bits per heavy atom. The van der Waals surface area contributed by atoms with Crippen LogP contribution in [0.3, 0.4) is 0 Å². The van der Waals surface area contributed by atoms with Gasteiger partial charge in [-0.15, -0.1) is 0 Å². The van der Waals surface area contributed by atoms with Crippen LogP contribution >= 0.6 is 0 Å². The average molecular weight is 407 g/mol. The summed E-state index contributed by atoms with van der Waals surface area (Å²) in [4.78, 5) is 5.16. The topological polar surface area (TPSA) is 26.7 Å². The lowest BCUT2D eigenvalue weighted by Crippen LogP contribution is -2.34. The number of rotatable bonds is 6. The third-order valence-corrected chi connectivity index (χ3v) is 7.44. The Bertz CT molecular complexity index is 854. The zero-order valence-electron chi connectivity index (χ0n) is 19.0. The zero-order valence-corrected chi connectivity index (χ0v) is 19.0. The molecule has 0 bridgehead atoms. The van der Waals surface area contributed by atoms with E-state index >= 15 is 0 Å². The Balaban J connectivity index is 1.53. The number of piperidine rings is 1. The van der Waals surface area contributed by atoms with Crippen LogP contribution in [0.25, 0.3) is 11.1 Å². The molecular weight excluding hydrogens is 368 g/mol. The van der Waals surface area contributed by atoms with Crippen molar-refractivity contribution in [2.45, 2.75) is 53.1 Å². The molecule has 2 fully saturated rings. The van der Waals surface area contributed by atoms with Crippen molar-refractivity contribution in [2.24, 2.45) is 11.8 Å². The van der Waals surface area contributed by atoms with Crippen LogP contribution in [0, 0.1) is 25.7 Å². The Kier molecular flexibility index (Phi) is 6.92. The van der Waals surface area contributed by atoms with Gasteiger partial charge in [0, 0.05) is 26.2 Å². The summed E-state index contributed by atoms with van der Waals surface area (Å²) >= 11 is 0. The molecule has 1 atom stereocenters. The standard InChI is InChI=1S/C27H38N2O/c1-20-10-13-29(16-20)18-25-7-5-9-27(22(25)3)26-8-4-6-24(21(26)2)17-28-14-11-23(19-30)12-15-28/h4-9,20,23,30H,10-19H2,1-3H3. The molecular formula is C27H38N2O.